The number of ether oxygens (including phenoxy) is 1. The molecule has 2 N–H and O–H groups in total. The van der Waals surface area contributed by atoms with Gasteiger partial charge in [0.2, 0.25) is 0 Å². The Morgan fingerprint density at radius 3 is 2.86 bits per heavy atom. The number of carboxylic acids is 1. The summed E-state index contributed by atoms with van der Waals surface area (Å²) in [6.45, 7) is 0.178. The molecular weight excluding hydrogens is 300 g/mol. The second-order valence-corrected chi connectivity index (χ2v) is 4.50. The SMILES string of the molecule is COCc1cc(C(=O)Nc2cc(Cl)ccc2C(=O)O)no1. The molecule has 1 amide bonds. The van der Waals surface area contributed by atoms with Crippen LogP contribution in [-0.4, -0.2) is 29.2 Å². The molecule has 0 spiro atoms. The number of nitrogens with zero attached hydrogens (tertiary/aromatic N) is 1. The van der Waals surface area contributed by atoms with E-state index in [1.54, 1.807) is 0 Å². The maximum atomic E-state index is 12.0. The van der Waals surface area contributed by atoms with Gasteiger partial charge >= 0.3 is 5.97 Å². The Bertz CT molecular complexity index is 683. The summed E-state index contributed by atoms with van der Waals surface area (Å²) < 4.78 is 9.73. The molecule has 21 heavy (non-hydrogen) atoms. The Morgan fingerprint density at radius 1 is 1.43 bits per heavy atom. The van der Waals surface area contributed by atoms with Crippen LogP contribution in [0.15, 0.2) is 28.8 Å². The zero-order valence-corrected chi connectivity index (χ0v) is 11.7. The number of rotatable bonds is 5. The molecule has 1 heterocycles. The van der Waals surface area contributed by atoms with Crippen molar-refractivity contribution in [3.8, 4) is 0 Å². The number of carbonyl (C=O) groups is 2. The lowest BCUT2D eigenvalue weighted by Gasteiger charge is -2.07. The minimum Gasteiger partial charge on any atom is -0.478 e. The number of carboxylic acid groups (broad SMARTS) is 1. The largest absolute Gasteiger partial charge is 0.478 e. The van der Waals surface area contributed by atoms with E-state index in [0.717, 1.165) is 0 Å². The molecule has 0 aliphatic carbocycles. The molecule has 0 saturated heterocycles. The third kappa shape index (κ3) is 3.59. The summed E-state index contributed by atoms with van der Waals surface area (Å²) in [4.78, 5) is 23.1. The molecule has 1 aromatic heterocycles. The van der Waals surface area contributed by atoms with Crippen LogP contribution in [0.2, 0.25) is 5.02 Å². The van der Waals surface area contributed by atoms with Crippen LogP contribution in [0, 0.1) is 0 Å². The Kier molecular flexibility index (Phi) is 4.56. The van der Waals surface area contributed by atoms with Gasteiger partial charge in [0.05, 0.1) is 11.3 Å². The highest BCUT2D eigenvalue weighted by Gasteiger charge is 2.17. The molecule has 0 fully saturated rings. The van der Waals surface area contributed by atoms with Crippen LogP contribution >= 0.6 is 11.6 Å². The monoisotopic (exact) mass is 310 g/mol. The number of hydrogen-bond acceptors (Lipinski definition) is 5. The lowest BCUT2D eigenvalue weighted by Crippen LogP contribution is -2.15. The van der Waals surface area contributed by atoms with Gasteiger partial charge in [-0.1, -0.05) is 16.8 Å². The van der Waals surface area contributed by atoms with E-state index >= 15 is 0 Å². The van der Waals surface area contributed by atoms with Crippen molar-refractivity contribution in [2.45, 2.75) is 6.61 Å². The van der Waals surface area contributed by atoms with Crippen LogP contribution in [0.25, 0.3) is 0 Å². The molecule has 0 unspecified atom stereocenters. The van der Waals surface area contributed by atoms with E-state index in [9.17, 15) is 9.59 Å². The Hall–Kier alpha value is -2.38. The topological polar surface area (TPSA) is 102 Å². The molecule has 0 radical (unpaired) electrons. The van der Waals surface area contributed by atoms with E-state index < -0.39 is 11.9 Å². The van der Waals surface area contributed by atoms with Gasteiger partial charge < -0.3 is 19.7 Å². The maximum Gasteiger partial charge on any atom is 0.337 e. The van der Waals surface area contributed by atoms with Crippen molar-refractivity contribution in [1.82, 2.24) is 5.16 Å². The molecule has 0 bridgehead atoms. The van der Waals surface area contributed by atoms with Gasteiger partial charge in [0.25, 0.3) is 5.91 Å². The number of hydrogen-bond donors (Lipinski definition) is 2. The molecule has 1 aromatic carbocycles. The summed E-state index contributed by atoms with van der Waals surface area (Å²) in [6, 6.07) is 5.48. The highest BCUT2D eigenvalue weighted by Crippen LogP contribution is 2.22. The Morgan fingerprint density at radius 2 is 2.19 bits per heavy atom. The fourth-order valence-electron chi connectivity index (χ4n) is 1.62. The summed E-state index contributed by atoms with van der Waals surface area (Å²) in [6.07, 6.45) is 0. The average Bonchev–Trinajstić information content (AvgIpc) is 2.87. The van der Waals surface area contributed by atoms with E-state index in [1.807, 2.05) is 0 Å². The predicted molar refractivity (Wildman–Crippen MR) is 73.6 cm³/mol. The fourth-order valence-corrected chi connectivity index (χ4v) is 1.80. The number of amides is 1. The predicted octanol–water partition coefficient (Wildman–Crippen LogP) is 2.42. The highest BCUT2D eigenvalue weighted by molar-refractivity contribution is 6.31. The van der Waals surface area contributed by atoms with E-state index in [-0.39, 0.29) is 23.6 Å². The summed E-state index contributed by atoms with van der Waals surface area (Å²) in [5.41, 5.74) is 0.0167. The quantitative estimate of drug-likeness (QED) is 0.879. The first-order chi connectivity index (χ1) is 10.0. The zero-order chi connectivity index (χ0) is 15.4. The van der Waals surface area contributed by atoms with Crippen molar-refractivity contribution in [2.24, 2.45) is 0 Å². The van der Waals surface area contributed by atoms with Gasteiger partial charge in [-0.3, -0.25) is 4.79 Å². The second-order valence-electron chi connectivity index (χ2n) is 4.06. The highest BCUT2D eigenvalue weighted by atomic mass is 35.5. The number of halogens is 1. The summed E-state index contributed by atoms with van der Waals surface area (Å²) in [7, 11) is 1.48. The van der Waals surface area contributed by atoms with Crippen LogP contribution in [-0.2, 0) is 11.3 Å². The summed E-state index contributed by atoms with van der Waals surface area (Å²) in [5.74, 6) is -1.40. The number of aromatic carboxylic acids is 1. The van der Waals surface area contributed by atoms with Gasteiger partial charge in [0, 0.05) is 18.2 Å². The number of carbonyl (C=O) groups excluding carboxylic acids is 1. The average molecular weight is 311 g/mol. The minimum atomic E-state index is -1.18. The van der Waals surface area contributed by atoms with Crippen LogP contribution in [0.3, 0.4) is 0 Å². The van der Waals surface area contributed by atoms with E-state index in [0.29, 0.717) is 10.8 Å². The normalized spacial score (nSPS) is 10.4. The molecule has 2 aromatic rings. The van der Waals surface area contributed by atoms with Gasteiger partial charge in [0.1, 0.15) is 6.61 Å². The Balaban J connectivity index is 2.22. The number of methoxy groups -OCH3 is 1. The van der Waals surface area contributed by atoms with Gasteiger partial charge in [-0.15, -0.1) is 0 Å². The minimum absolute atomic E-state index is 0.0124. The number of nitrogens with one attached hydrogen (secondary N) is 1. The molecule has 8 heteroatoms. The summed E-state index contributed by atoms with van der Waals surface area (Å²) in [5, 5.41) is 15.4. The van der Waals surface area contributed by atoms with Crippen molar-refractivity contribution in [3.05, 3.63) is 46.3 Å². The lowest BCUT2D eigenvalue weighted by atomic mass is 10.1. The van der Waals surface area contributed by atoms with Crippen LogP contribution in [0.5, 0.6) is 0 Å². The van der Waals surface area contributed by atoms with Crippen molar-refractivity contribution in [3.63, 3.8) is 0 Å². The lowest BCUT2D eigenvalue weighted by molar-refractivity contribution is 0.0698. The maximum absolute atomic E-state index is 12.0. The second kappa shape index (κ2) is 6.38. The third-order valence-electron chi connectivity index (χ3n) is 2.54. The molecule has 7 nitrogen and oxygen atoms in total. The Labute approximate surface area is 124 Å². The molecule has 110 valence electrons. The first-order valence-corrected chi connectivity index (χ1v) is 6.17. The first-order valence-electron chi connectivity index (χ1n) is 5.80. The molecule has 0 saturated carbocycles. The van der Waals surface area contributed by atoms with Crippen molar-refractivity contribution >= 4 is 29.2 Å². The number of anilines is 1. The summed E-state index contributed by atoms with van der Waals surface area (Å²) >= 11 is 5.80. The van der Waals surface area contributed by atoms with Gasteiger partial charge in [-0.25, -0.2) is 4.79 Å². The standard InChI is InChI=1S/C13H11ClN2O5/c1-20-6-8-5-11(16-21-8)12(17)15-10-4-7(14)2-3-9(10)13(18)19/h2-5H,6H2,1H3,(H,15,17)(H,18,19). The van der Waals surface area contributed by atoms with E-state index in [4.69, 9.17) is 26.0 Å². The fraction of sp³-hybridized carbons (Fsp3) is 0.154. The van der Waals surface area contributed by atoms with E-state index in [2.05, 4.69) is 10.5 Å². The van der Waals surface area contributed by atoms with Crippen LogP contribution in [0.1, 0.15) is 26.6 Å². The molecule has 0 aliphatic rings. The smallest absolute Gasteiger partial charge is 0.337 e. The van der Waals surface area contributed by atoms with Crippen LogP contribution in [0.4, 0.5) is 5.69 Å². The van der Waals surface area contributed by atoms with Crippen molar-refractivity contribution in [2.75, 3.05) is 12.4 Å². The van der Waals surface area contributed by atoms with Gasteiger partial charge in [-0.2, -0.15) is 0 Å². The number of aromatic nitrogens is 1. The molecule has 2 rings (SSSR count). The van der Waals surface area contributed by atoms with Crippen LogP contribution < -0.4 is 5.32 Å². The molecule has 0 atom stereocenters. The first kappa shape index (κ1) is 15.0. The molecular formula is C13H11ClN2O5. The van der Waals surface area contributed by atoms with E-state index in [1.165, 1.54) is 31.4 Å². The van der Waals surface area contributed by atoms with Gasteiger partial charge in [-0.05, 0) is 18.2 Å². The third-order valence-corrected chi connectivity index (χ3v) is 2.77. The van der Waals surface area contributed by atoms with Gasteiger partial charge in [0.15, 0.2) is 11.5 Å². The van der Waals surface area contributed by atoms with Crippen molar-refractivity contribution in [1.29, 1.82) is 0 Å². The number of benzene rings is 1. The van der Waals surface area contributed by atoms with Crippen molar-refractivity contribution < 1.29 is 24.0 Å². The zero-order valence-electron chi connectivity index (χ0n) is 10.9. The molecule has 0 aliphatic heterocycles.